The number of hydrogen-bond acceptors (Lipinski definition) is 2. The van der Waals surface area contributed by atoms with Gasteiger partial charge in [-0.3, -0.25) is 0 Å². The lowest BCUT2D eigenvalue weighted by atomic mass is 10.0. The number of benzene rings is 1. The van der Waals surface area contributed by atoms with Gasteiger partial charge < -0.3 is 10.5 Å². The predicted molar refractivity (Wildman–Crippen MR) is 55.3 cm³/mol. The SMILES string of the molecule is N[C@H](CCC(F)(F)F)c1ccc(OC(F)F)cc1. The second kappa shape index (κ2) is 5.99. The van der Waals surface area contributed by atoms with Crippen molar-refractivity contribution in [1.82, 2.24) is 0 Å². The molecular formula is C11H12F5NO. The van der Waals surface area contributed by atoms with Crippen LogP contribution in [0.1, 0.15) is 24.4 Å². The lowest BCUT2D eigenvalue weighted by Crippen LogP contribution is -2.15. The van der Waals surface area contributed by atoms with E-state index in [2.05, 4.69) is 4.74 Å². The van der Waals surface area contributed by atoms with Crippen molar-refractivity contribution in [3.63, 3.8) is 0 Å². The number of ether oxygens (including phenoxy) is 1. The molecule has 0 aromatic heterocycles. The Balaban J connectivity index is 2.56. The van der Waals surface area contributed by atoms with Crippen molar-refractivity contribution in [2.24, 2.45) is 5.73 Å². The molecule has 18 heavy (non-hydrogen) atoms. The molecule has 0 radical (unpaired) electrons. The fourth-order valence-electron chi connectivity index (χ4n) is 1.38. The lowest BCUT2D eigenvalue weighted by Gasteiger charge is -2.14. The third-order valence-electron chi connectivity index (χ3n) is 2.27. The van der Waals surface area contributed by atoms with Crippen LogP contribution in [0.4, 0.5) is 22.0 Å². The summed E-state index contributed by atoms with van der Waals surface area (Å²) < 4.78 is 63.8. The van der Waals surface area contributed by atoms with Crippen molar-refractivity contribution in [1.29, 1.82) is 0 Å². The maximum atomic E-state index is 12.0. The molecule has 0 aliphatic carbocycles. The quantitative estimate of drug-likeness (QED) is 0.828. The van der Waals surface area contributed by atoms with Crippen molar-refractivity contribution in [2.45, 2.75) is 31.7 Å². The number of alkyl halides is 5. The molecule has 102 valence electrons. The van der Waals surface area contributed by atoms with Crippen LogP contribution in [0.3, 0.4) is 0 Å². The van der Waals surface area contributed by atoms with E-state index in [9.17, 15) is 22.0 Å². The Morgan fingerprint density at radius 1 is 1.11 bits per heavy atom. The van der Waals surface area contributed by atoms with E-state index in [1.165, 1.54) is 24.3 Å². The smallest absolute Gasteiger partial charge is 0.389 e. The fraction of sp³-hybridized carbons (Fsp3) is 0.455. The standard InChI is InChI=1S/C11H12F5NO/c12-10(13)18-8-3-1-7(2-4-8)9(17)5-6-11(14,15)16/h1-4,9-10H,5-6,17H2/t9-/m1/s1. The van der Waals surface area contributed by atoms with Gasteiger partial charge in [0, 0.05) is 12.5 Å². The zero-order chi connectivity index (χ0) is 13.8. The van der Waals surface area contributed by atoms with E-state index in [1.807, 2.05) is 0 Å². The van der Waals surface area contributed by atoms with Gasteiger partial charge >= 0.3 is 12.8 Å². The molecule has 0 saturated carbocycles. The lowest BCUT2D eigenvalue weighted by molar-refractivity contribution is -0.136. The third-order valence-corrected chi connectivity index (χ3v) is 2.27. The van der Waals surface area contributed by atoms with Gasteiger partial charge in [-0.05, 0) is 24.1 Å². The number of halogens is 5. The molecule has 0 amide bonds. The minimum Gasteiger partial charge on any atom is -0.435 e. The molecule has 1 aromatic carbocycles. The molecule has 0 spiro atoms. The average Bonchev–Trinajstić information content (AvgIpc) is 2.25. The van der Waals surface area contributed by atoms with Crippen molar-refractivity contribution in [2.75, 3.05) is 0 Å². The highest BCUT2D eigenvalue weighted by molar-refractivity contribution is 5.29. The van der Waals surface area contributed by atoms with E-state index < -0.39 is 25.3 Å². The zero-order valence-corrected chi connectivity index (χ0v) is 9.25. The van der Waals surface area contributed by atoms with E-state index in [0.717, 1.165) is 0 Å². The molecule has 0 aliphatic rings. The molecule has 7 heteroatoms. The summed E-state index contributed by atoms with van der Waals surface area (Å²) in [5.41, 5.74) is 6.01. The van der Waals surface area contributed by atoms with Crippen LogP contribution in [0, 0.1) is 0 Å². The van der Waals surface area contributed by atoms with E-state index in [1.54, 1.807) is 0 Å². The van der Waals surface area contributed by atoms with E-state index in [0.29, 0.717) is 5.56 Å². The summed E-state index contributed by atoms with van der Waals surface area (Å²) in [4.78, 5) is 0. The maximum absolute atomic E-state index is 12.0. The van der Waals surface area contributed by atoms with Gasteiger partial charge in [0.1, 0.15) is 5.75 Å². The van der Waals surface area contributed by atoms with Gasteiger partial charge in [0.25, 0.3) is 0 Å². The summed E-state index contributed by atoms with van der Waals surface area (Å²) in [7, 11) is 0. The molecule has 0 aliphatic heterocycles. The molecular weight excluding hydrogens is 257 g/mol. The second-order valence-corrected chi connectivity index (χ2v) is 3.71. The molecule has 0 unspecified atom stereocenters. The van der Waals surface area contributed by atoms with Crippen LogP contribution >= 0.6 is 0 Å². The van der Waals surface area contributed by atoms with Crippen LogP contribution < -0.4 is 10.5 Å². The molecule has 2 nitrogen and oxygen atoms in total. The van der Waals surface area contributed by atoms with Crippen LogP contribution in [0.5, 0.6) is 5.75 Å². The monoisotopic (exact) mass is 269 g/mol. The van der Waals surface area contributed by atoms with Crippen molar-refractivity contribution < 1.29 is 26.7 Å². The Morgan fingerprint density at radius 3 is 2.11 bits per heavy atom. The van der Waals surface area contributed by atoms with Crippen LogP contribution in [-0.4, -0.2) is 12.8 Å². The molecule has 0 fully saturated rings. The second-order valence-electron chi connectivity index (χ2n) is 3.71. The van der Waals surface area contributed by atoms with E-state index in [-0.39, 0.29) is 12.2 Å². The van der Waals surface area contributed by atoms with Gasteiger partial charge in [-0.1, -0.05) is 12.1 Å². The molecule has 0 bridgehead atoms. The Morgan fingerprint density at radius 2 is 1.67 bits per heavy atom. The van der Waals surface area contributed by atoms with Crippen LogP contribution in [0.25, 0.3) is 0 Å². The highest BCUT2D eigenvalue weighted by atomic mass is 19.4. The van der Waals surface area contributed by atoms with Gasteiger partial charge in [0.2, 0.25) is 0 Å². The fourth-order valence-corrected chi connectivity index (χ4v) is 1.38. The summed E-state index contributed by atoms with van der Waals surface area (Å²) in [5.74, 6) is -0.0585. The van der Waals surface area contributed by atoms with Gasteiger partial charge in [0.15, 0.2) is 0 Å². The van der Waals surface area contributed by atoms with Crippen LogP contribution in [0.2, 0.25) is 0 Å². The van der Waals surface area contributed by atoms with Gasteiger partial charge in [-0.25, -0.2) is 0 Å². The van der Waals surface area contributed by atoms with Crippen molar-refractivity contribution >= 4 is 0 Å². The van der Waals surface area contributed by atoms with E-state index >= 15 is 0 Å². The Hall–Kier alpha value is -1.37. The van der Waals surface area contributed by atoms with Crippen molar-refractivity contribution in [3.8, 4) is 5.75 Å². The summed E-state index contributed by atoms with van der Waals surface area (Å²) in [6.07, 6.45) is -5.49. The van der Waals surface area contributed by atoms with Gasteiger partial charge in [-0.2, -0.15) is 22.0 Å². The first-order valence-corrected chi connectivity index (χ1v) is 5.15. The largest absolute Gasteiger partial charge is 0.435 e. The topological polar surface area (TPSA) is 35.2 Å². The normalized spacial score (nSPS) is 13.7. The Kier molecular flexibility index (Phi) is 4.89. The van der Waals surface area contributed by atoms with Crippen LogP contribution in [-0.2, 0) is 0 Å². The summed E-state index contributed by atoms with van der Waals surface area (Å²) in [6.45, 7) is -2.94. The highest BCUT2D eigenvalue weighted by Gasteiger charge is 2.27. The Labute approximate surface area is 101 Å². The molecule has 0 heterocycles. The predicted octanol–water partition coefficient (Wildman–Crippen LogP) is 3.63. The molecule has 1 rings (SSSR count). The van der Waals surface area contributed by atoms with Crippen LogP contribution in [0.15, 0.2) is 24.3 Å². The number of hydrogen-bond donors (Lipinski definition) is 1. The molecule has 2 N–H and O–H groups in total. The number of nitrogens with two attached hydrogens (primary N) is 1. The van der Waals surface area contributed by atoms with E-state index in [4.69, 9.17) is 5.73 Å². The average molecular weight is 269 g/mol. The van der Waals surface area contributed by atoms with Gasteiger partial charge in [-0.15, -0.1) is 0 Å². The number of rotatable bonds is 5. The molecule has 1 atom stereocenters. The summed E-state index contributed by atoms with van der Waals surface area (Å²) >= 11 is 0. The van der Waals surface area contributed by atoms with Crippen molar-refractivity contribution in [3.05, 3.63) is 29.8 Å². The first kappa shape index (κ1) is 14.7. The first-order chi connectivity index (χ1) is 8.28. The minimum atomic E-state index is -4.25. The summed E-state index contributed by atoms with van der Waals surface area (Å²) in [5, 5.41) is 0. The Bertz CT molecular complexity index is 363. The maximum Gasteiger partial charge on any atom is 0.389 e. The summed E-state index contributed by atoms with van der Waals surface area (Å²) in [6, 6.07) is 4.45. The highest BCUT2D eigenvalue weighted by Crippen LogP contribution is 2.27. The van der Waals surface area contributed by atoms with Gasteiger partial charge in [0.05, 0.1) is 0 Å². The third kappa shape index (κ3) is 5.31. The first-order valence-electron chi connectivity index (χ1n) is 5.15. The molecule has 1 aromatic rings. The zero-order valence-electron chi connectivity index (χ0n) is 9.25. The molecule has 0 saturated heterocycles. The minimum absolute atomic E-state index is 0.0585.